The van der Waals surface area contributed by atoms with Gasteiger partial charge in [0.25, 0.3) is 0 Å². The highest BCUT2D eigenvalue weighted by molar-refractivity contribution is 5.82. The molecule has 1 rings (SSSR count). The van der Waals surface area contributed by atoms with E-state index < -0.39 is 5.54 Å². The third kappa shape index (κ3) is 3.60. The summed E-state index contributed by atoms with van der Waals surface area (Å²) in [6.07, 6.45) is 2.66. The number of nitrogens with one attached hydrogen (secondary N) is 1. The number of carbonyl (C=O) groups excluding carboxylic acids is 1. The summed E-state index contributed by atoms with van der Waals surface area (Å²) in [5, 5.41) is 3.40. The summed E-state index contributed by atoms with van der Waals surface area (Å²) >= 11 is 0. The molecule has 0 amide bonds. The van der Waals surface area contributed by atoms with Gasteiger partial charge in [-0.3, -0.25) is 5.32 Å². The third-order valence-corrected chi connectivity index (χ3v) is 3.69. The molecule has 0 saturated heterocycles. The average Bonchev–Trinajstić information content (AvgIpc) is 2.49. The third-order valence-electron chi connectivity index (χ3n) is 3.69. The van der Waals surface area contributed by atoms with Gasteiger partial charge >= 0.3 is 5.97 Å². The summed E-state index contributed by atoms with van der Waals surface area (Å²) in [5.41, 5.74) is 1.54. The average molecular weight is 277 g/mol. The predicted molar refractivity (Wildman–Crippen MR) is 82.7 cm³/mol. The Morgan fingerprint density at radius 3 is 2.25 bits per heavy atom. The van der Waals surface area contributed by atoms with Gasteiger partial charge in [0.2, 0.25) is 0 Å². The van der Waals surface area contributed by atoms with Crippen LogP contribution in [0.25, 0.3) is 0 Å². The van der Waals surface area contributed by atoms with Crippen molar-refractivity contribution in [1.29, 1.82) is 0 Å². The largest absolute Gasteiger partial charge is 0.464 e. The zero-order valence-electron chi connectivity index (χ0n) is 13.2. The van der Waals surface area contributed by atoms with E-state index in [0.29, 0.717) is 13.0 Å². The van der Waals surface area contributed by atoms with Crippen LogP contribution in [0.2, 0.25) is 0 Å². The molecule has 112 valence electrons. The quantitative estimate of drug-likeness (QED) is 0.740. The highest BCUT2D eigenvalue weighted by atomic mass is 16.5. The van der Waals surface area contributed by atoms with Crippen LogP contribution in [-0.2, 0) is 21.5 Å². The van der Waals surface area contributed by atoms with Gasteiger partial charge in [-0.15, -0.1) is 0 Å². The minimum absolute atomic E-state index is 0.180. The number of benzene rings is 1. The Morgan fingerprint density at radius 2 is 1.80 bits per heavy atom. The normalized spacial score (nSPS) is 13.8. The first kappa shape index (κ1) is 16.7. The second-order valence-corrected chi connectivity index (χ2v) is 4.96. The topological polar surface area (TPSA) is 38.3 Å². The maximum Gasteiger partial charge on any atom is 0.330 e. The molecule has 20 heavy (non-hydrogen) atoms. The molecule has 0 radical (unpaired) electrons. The smallest absolute Gasteiger partial charge is 0.330 e. The summed E-state index contributed by atoms with van der Waals surface area (Å²) in [6.45, 7) is 9.29. The lowest BCUT2D eigenvalue weighted by Crippen LogP contribution is -2.50. The summed E-state index contributed by atoms with van der Waals surface area (Å²) in [6, 6.07) is 8.27. The second-order valence-electron chi connectivity index (χ2n) is 4.96. The molecule has 0 fully saturated rings. The standard InChI is InChI=1S/C17H27NO2/c1-5-13-18-17(7-3,16(19)20-8-4)15-11-9-14(6-2)10-12-15/h9-12,18H,5-8,13H2,1-4H3. The van der Waals surface area contributed by atoms with Gasteiger partial charge in [-0.1, -0.05) is 45.0 Å². The number of carbonyl (C=O) groups is 1. The number of hydrogen-bond acceptors (Lipinski definition) is 3. The lowest BCUT2D eigenvalue weighted by Gasteiger charge is -2.32. The van der Waals surface area contributed by atoms with Gasteiger partial charge in [-0.05, 0) is 43.9 Å². The summed E-state index contributed by atoms with van der Waals surface area (Å²) in [7, 11) is 0. The Bertz CT molecular complexity index is 414. The number of esters is 1. The molecule has 1 aromatic rings. The molecule has 0 aliphatic heterocycles. The van der Waals surface area contributed by atoms with Crippen molar-refractivity contribution < 1.29 is 9.53 Å². The first-order chi connectivity index (χ1) is 9.64. The van der Waals surface area contributed by atoms with Crippen LogP contribution in [0.1, 0.15) is 51.7 Å². The van der Waals surface area contributed by atoms with E-state index in [4.69, 9.17) is 4.74 Å². The monoisotopic (exact) mass is 277 g/mol. The Hall–Kier alpha value is -1.35. The molecule has 1 N–H and O–H groups in total. The number of ether oxygens (including phenoxy) is 1. The van der Waals surface area contributed by atoms with Gasteiger partial charge in [0.15, 0.2) is 0 Å². The first-order valence-corrected chi connectivity index (χ1v) is 7.66. The van der Waals surface area contributed by atoms with Crippen molar-refractivity contribution in [2.75, 3.05) is 13.2 Å². The van der Waals surface area contributed by atoms with Crippen molar-refractivity contribution in [2.45, 2.75) is 52.5 Å². The van der Waals surface area contributed by atoms with E-state index in [0.717, 1.165) is 24.9 Å². The fourth-order valence-corrected chi connectivity index (χ4v) is 2.38. The van der Waals surface area contributed by atoms with E-state index in [-0.39, 0.29) is 5.97 Å². The van der Waals surface area contributed by atoms with Crippen LogP contribution in [0.3, 0.4) is 0 Å². The molecular formula is C17H27NO2. The van der Waals surface area contributed by atoms with Gasteiger partial charge in [0.1, 0.15) is 5.54 Å². The lowest BCUT2D eigenvalue weighted by molar-refractivity contribution is -0.152. The van der Waals surface area contributed by atoms with E-state index in [1.54, 1.807) is 0 Å². The van der Waals surface area contributed by atoms with Crippen molar-refractivity contribution in [2.24, 2.45) is 0 Å². The lowest BCUT2D eigenvalue weighted by atomic mass is 9.86. The van der Waals surface area contributed by atoms with Gasteiger partial charge in [0.05, 0.1) is 6.61 Å². The highest BCUT2D eigenvalue weighted by Gasteiger charge is 2.39. The summed E-state index contributed by atoms with van der Waals surface area (Å²) in [4.78, 5) is 12.5. The number of hydrogen-bond donors (Lipinski definition) is 1. The van der Waals surface area contributed by atoms with E-state index >= 15 is 0 Å². The zero-order valence-corrected chi connectivity index (χ0v) is 13.2. The predicted octanol–water partition coefficient (Wildman–Crippen LogP) is 3.42. The maximum absolute atomic E-state index is 12.5. The van der Waals surface area contributed by atoms with Crippen LogP contribution >= 0.6 is 0 Å². The Morgan fingerprint density at radius 1 is 1.15 bits per heavy atom. The van der Waals surface area contributed by atoms with Crippen LogP contribution in [0.4, 0.5) is 0 Å². The molecule has 3 nitrogen and oxygen atoms in total. The van der Waals surface area contributed by atoms with E-state index in [2.05, 4.69) is 31.3 Å². The molecule has 1 atom stereocenters. The molecular weight excluding hydrogens is 250 g/mol. The van der Waals surface area contributed by atoms with Gasteiger partial charge in [0, 0.05) is 0 Å². The Labute approximate surface area is 122 Å². The highest BCUT2D eigenvalue weighted by Crippen LogP contribution is 2.27. The van der Waals surface area contributed by atoms with Crippen LogP contribution in [0, 0.1) is 0 Å². The molecule has 0 aromatic heterocycles. The van der Waals surface area contributed by atoms with Crippen molar-refractivity contribution in [1.82, 2.24) is 5.32 Å². The van der Waals surface area contributed by atoms with Gasteiger partial charge in [-0.25, -0.2) is 4.79 Å². The summed E-state index contributed by atoms with van der Waals surface area (Å²) < 4.78 is 5.30. The van der Waals surface area contributed by atoms with Crippen LogP contribution < -0.4 is 5.32 Å². The molecule has 0 saturated carbocycles. The molecule has 1 aromatic carbocycles. The van der Waals surface area contributed by atoms with E-state index in [1.165, 1.54) is 5.56 Å². The molecule has 0 aliphatic rings. The minimum Gasteiger partial charge on any atom is -0.464 e. The molecule has 1 unspecified atom stereocenters. The van der Waals surface area contributed by atoms with Gasteiger partial charge < -0.3 is 4.74 Å². The molecule has 0 bridgehead atoms. The second kappa shape index (κ2) is 8.05. The Kier molecular flexibility index (Phi) is 6.73. The van der Waals surface area contributed by atoms with Crippen molar-refractivity contribution >= 4 is 5.97 Å². The van der Waals surface area contributed by atoms with Crippen LogP contribution in [-0.4, -0.2) is 19.1 Å². The Balaban J connectivity index is 3.14. The molecule has 0 aliphatic carbocycles. The van der Waals surface area contributed by atoms with Crippen LogP contribution in [0.15, 0.2) is 24.3 Å². The molecule has 0 spiro atoms. The van der Waals surface area contributed by atoms with Crippen LogP contribution in [0.5, 0.6) is 0 Å². The fraction of sp³-hybridized carbons (Fsp3) is 0.588. The fourth-order valence-electron chi connectivity index (χ4n) is 2.38. The van der Waals surface area contributed by atoms with E-state index in [1.807, 2.05) is 26.0 Å². The first-order valence-electron chi connectivity index (χ1n) is 7.66. The van der Waals surface area contributed by atoms with Crippen molar-refractivity contribution in [3.8, 4) is 0 Å². The summed E-state index contributed by atoms with van der Waals surface area (Å²) in [5.74, 6) is -0.180. The van der Waals surface area contributed by atoms with Gasteiger partial charge in [-0.2, -0.15) is 0 Å². The molecule has 0 heterocycles. The van der Waals surface area contributed by atoms with Crippen molar-refractivity contribution in [3.63, 3.8) is 0 Å². The maximum atomic E-state index is 12.5. The molecule has 3 heteroatoms. The van der Waals surface area contributed by atoms with Crippen molar-refractivity contribution in [3.05, 3.63) is 35.4 Å². The number of rotatable bonds is 8. The SMILES string of the molecule is CCCNC(CC)(C(=O)OCC)c1ccc(CC)cc1. The minimum atomic E-state index is -0.724. The number of aryl methyl sites for hydroxylation is 1. The van der Waals surface area contributed by atoms with E-state index in [9.17, 15) is 4.79 Å². The zero-order chi connectivity index (χ0) is 15.0.